The predicted molar refractivity (Wildman–Crippen MR) is 94.7 cm³/mol. The maximum atomic E-state index is 3.43. The van der Waals surface area contributed by atoms with E-state index in [1.807, 2.05) is 0 Å². The lowest BCUT2D eigenvalue weighted by atomic mass is 10.0. The summed E-state index contributed by atoms with van der Waals surface area (Å²) in [4.78, 5) is 2.59. The summed E-state index contributed by atoms with van der Waals surface area (Å²) >= 11 is 0. The van der Waals surface area contributed by atoms with Gasteiger partial charge < -0.3 is 14.8 Å². The van der Waals surface area contributed by atoms with Crippen molar-refractivity contribution in [2.45, 2.75) is 40.2 Å². The van der Waals surface area contributed by atoms with Gasteiger partial charge in [-0.1, -0.05) is 11.6 Å². The Labute approximate surface area is 134 Å². The van der Waals surface area contributed by atoms with Crippen molar-refractivity contribution >= 4 is 10.9 Å². The molecule has 2 heterocycles. The fraction of sp³-hybridized carbons (Fsp3) is 0.579. The molecule has 0 atom stereocenters. The number of rotatable bonds is 5. The largest absolute Gasteiger partial charge is 0.347 e. The van der Waals surface area contributed by atoms with Crippen molar-refractivity contribution in [2.75, 3.05) is 32.7 Å². The van der Waals surface area contributed by atoms with Crippen LogP contribution in [0.4, 0.5) is 0 Å². The summed E-state index contributed by atoms with van der Waals surface area (Å²) < 4.78 is 2.42. The molecule has 0 unspecified atom stereocenters. The smallest absolute Gasteiger partial charge is 0.0512 e. The Morgan fingerprint density at radius 1 is 1.14 bits per heavy atom. The Kier molecular flexibility index (Phi) is 4.84. The van der Waals surface area contributed by atoms with E-state index in [2.05, 4.69) is 53.9 Å². The molecule has 1 aliphatic rings. The minimum atomic E-state index is 1.05. The van der Waals surface area contributed by atoms with E-state index in [9.17, 15) is 0 Å². The first-order valence-electron chi connectivity index (χ1n) is 8.71. The van der Waals surface area contributed by atoms with Crippen molar-refractivity contribution in [1.29, 1.82) is 0 Å². The lowest BCUT2D eigenvalue weighted by molar-refractivity contribution is 0.238. The zero-order chi connectivity index (χ0) is 15.5. The lowest BCUT2D eigenvalue weighted by Gasteiger charge is -2.26. The fourth-order valence-electron chi connectivity index (χ4n) is 3.78. The van der Waals surface area contributed by atoms with Gasteiger partial charge in [0, 0.05) is 44.3 Å². The first-order valence-corrected chi connectivity index (χ1v) is 8.71. The molecule has 0 spiro atoms. The molecule has 0 bridgehead atoms. The standard InChI is InChI=1S/C19H29N3/c1-4-22-14-17(6-5-9-21-10-7-20-8-11-21)18-13-15(2)12-16(3)19(18)22/h12-14,20H,4-11H2,1-3H3. The Balaban J connectivity index is 1.75. The maximum absolute atomic E-state index is 3.43. The van der Waals surface area contributed by atoms with Crippen LogP contribution in [0.3, 0.4) is 0 Å². The molecular formula is C19H29N3. The molecule has 1 aromatic carbocycles. The van der Waals surface area contributed by atoms with Gasteiger partial charge in [0.2, 0.25) is 0 Å². The fourth-order valence-corrected chi connectivity index (χ4v) is 3.78. The number of aromatic nitrogens is 1. The van der Waals surface area contributed by atoms with Crippen LogP contribution in [0.15, 0.2) is 18.3 Å². The summed E-state index contributed by atoms with van der Waals surface area (Å²) in [5.41, 5.74) is 5.75. The lowest BCUT2D eigenvalue weighted by Crippen LogP contribution is -2.43. The van der Waals surface area contributed by atoms with Crippen LogP contribution in [0.1, 0.15) is 30.0 Å². The molecule has 1 saturated heterocycles. The second kappa shape index (κ2) is 6.84. The summed E-state index contributed by atoms with van der Waals surface area (Å²) in [6, 6.07) is 4.67. The van der Waals surface area contributed by atoms with Gasteiger partial charge in [0.1, 0.15) is 0 Å². The molecule has 0 amide bonds. The van der Waals surface area contributed by atoms with E-state index in [0.29, 0.717) is 0 Å². The highest BCUT2D eigenvalue weighted by Crippen LogP contribution is 2.27. The van der Waals surface area contributed by atoms with Gasteiger partial charge in [-0.25, -0.2) is 0 Å². The van der Waals surface area contributed by atoms with Crippen molar-refractivity contribution in [3.63, 3.8) is 0 Å². The van der Waals surface area contributed by atoms with Crippen molar-refractivity contribution < 1.29 is 0 Å². The van der Waals surface area contributed by atoms with Gasteiger partial charge >= 0.3 is 0 Å². The highest BCUT2D eigenvalue weighted by atomic mass is 15.2. The first-order chi connectivity index (χ1) is 10.7. The van der Waals surface area contributed by atoms with Gasteiger partial charge in [0.05, 0.1) is 5.52 Å². The number of nitrogens with one attached hydrogen (secondary N) is 1. The number of nitrogens with zero attached hydrogens (tertiary/aromatic N) is 2. The number of aryl methyl sites for hydroxylation is 4. The molecule has 3 nitrogen and oxygen atoms in total. The van der Waals surface area contributed by atoms with E-state index in [0.717, 1.165) is 19.6 Å². The Morgan fingerprint density at radius 3 is 2.64 bits per heavy atom. The van der Waals surface area contributed by atoms with Crippen LogP contribution in [0, 0.1) is 13.8 Å². The van der Waals surface area contributed by atoms with Gasteiger partial charge in [-0.3, -0.25) is 0 Å². The summed E-state index contributed by atoms with van der Waals surface area (Å²) in [6.07, 6.45) is 4.83. The number of piperazine rings is 1. The van der Waals surface area contributed by atoms with Crippen LogP contribution in [0.2, 0.25) is 0 Å². The summed E-state index contributed by atoms with van der Waals surface area (Å²) in [6.45, 7) is 13.7. The number of hydrogen-bond acceptors (Lipinski definition) is 2. The van der Waals surface area contributed by atoms with Crippen molar-refractivity contribution in [3.8, 4) is 0 Å². The Morgan fingerprint density at radius 2 is 1.91 bits per heavy atom. The average molecular weight is 299 g/mol. The maximum Gasteiger partial charge on any atom is 0.0512 e. The van der Waals surface area contributed by atoms with Gasteiger partial charge in [-0.05, 0) is 57.4 Å². The third-order valence-electron chi connectivity index (χ3n) is 4.86. The molecule has 0 aliphatic carbocycles. The van der Waals surface area contributed by atoms with Crippen LogP contribution in [-0.4, -0.2) is 42.2 Å². The van der Waals surface area contributed by atoms with Crippen molar-refractivity contribution in [1.82, 2.24) is 14.8 Å². The zero-order valence-electron chi connectivity index (χ0n) is 14.3. The van der Waals surface area contributed by atoms with Gasteiger partial charge in [-0.2, -0.15) is 0 Å². The highest BCUT2D eigenvalue weighted by Gasteiger charge is 2.12. The topological polar surface area (TPSA) is 20.2 Å². The Bertz CT molecular complexity index is 636. The van der Waals surface area contributed by atoms with E-state index in [4.69, 9.17) is 0 Å². The number of fused-ring (bicyclic) bond motifs is 1. The predicted octanol–water partition coefficient (Wildman–Crippen LogP) is 3.12. The zero-order valence-corrected chi connectivity index (χ0v) is 14.3. The third kappa shape index (κ3) is 3.21. The minimum absolute atomic E-state index is 1.05. The molecule has 1 aliphatic heterocycles. The molecule has 1 aromatic heterocycles. The Hall–Kier alpha value is -1.32. The molecule has 1 fully saturated rings. The molecule has 0 radical (unpaired) electrons. The van der Waals surface area contributed by atoms with Gasteiger partial charge in [0.15, 0.2) is 0 Å². The minimum Gasteiger partial charge on any atom is -0.347 e. The van der Waals surface area contributed by atoms with Crippen LogP contribution in [0.5, 0.6) is 0 Å². The molecule has 1 N–H and O–H groups in total. The molecule has 3 heteroatoms. The van der Waals surface area contributed by atoms with E-state index >= 15 is 0 Å². The van der Waals surface area contributed by atoms with Gasteiger partial charge in [0.25, 0.3) is 0 Å². The van der Waals surface area contributed by atoms with Crippen LogP contribution < -0.4 is 5.32 Å². The molecule has 0 saturated carbocycles. The molecule has 3 rings (SSSR count). The van der Waals surface area contributed by atoms with E-state index in [-0.39, 0.29) is 0 Å². The molecule has 2 aromatic rings. The number of benzene rings is 1. The van der Waals surface area contributed by atoms with E-state index < -0.39 is 0 Å². The highest BCUT2D eigenvalue weighted by molar-refractivity contribution is 5.87. The van der Waals surface area contributed by atoms with Crippen LogP contribution in [-0.2, 0) is 13.0 Å². The molecule has 22 heavy (non-hydrogen) atoms. The van der Waals surface area contributed by atoms with Crippen molar-refractivity contribution in [3.05, 3.63) is 35.0 Å². The monoisotopic (exact) mass is 299 g/mol. The summed E-state index contributed by atoms with van der Waals surface area (Å²) in [7, 11) is 0. The first kappa shape index (κ1) is 15.6. The summed E-state index contributed by atoms with van der Waals surface area (Å²) in [5.74, 6) is 0. The van der Waals surface area contributed by atoms with Crippen LogP contribution in [0.25, 0.3) is 10.9 Å². The van der Waals surface area contributed by atoms with Crippen LogP contribution >= 0.6 is 0 Å². The molecule has 120 valence electrons. The van der Waals surface area contributed by atoms with Crippen molar-refractivity contribution in [2.24, 2.45) is 0 Å². The quantitative estimate of drug-likeness (QED) is 0.915. The third-order valence-corrected chi connectivity index (χ3v) is 4.86. The second-order valence-electron chi connectivity index (χ2n) is 6.61. The van der Waals surface area contributed by atoms with E-state index in [1.165, 1.54) is 60.1 Å². The van der Waals surface area contributed by atoms with E-state index in [1.54, 1.807) is 0 Å². The SMILES string of the molecule is CCn1cc(CCCN2CCNCC2)c2cc(C)cc(C)c21. The average Bonchev–Trinajstić information content (AvgIpc) is 2.86. The normalized spacial score (nSPS) is 16.5. The second-order valence-corrected chi connectivity index (χ2v) is 6.61. The molecular weight excluding hydrogens is 270 g/mol. The van der Waals surface area contributed by atoms with Gasteiger partial charge in [-0.15, -0.1) is 0 Å². The summed E-state index contributed by atoms with van der Waals surface area (Å²) in [5, 5.41) is 4.90. The number of hydrogen-bond donors (Lipinski definition) is 1.